The normalized spacial score (nSPS) is 39.4. The van der Waals surface area contributed by atoms with Crippen LogP contribution in [0.4, 0.5) is 0 Å². The van der Waals surface area contributed by atoms with Gasteiger partial charge in [-0.1, -0.05) is 23.8 Å². The Kier molecular flexibility index (Phi) is 3.19. The second-order valence-electron chi connectivity index (χ2n) is 7.72. The number of aryl methyl sites for hydroxylation is 2. The van der Waals surface area contributed by atoms with E-state index in [1.54, 1.807) is 0 Å². The molecule has 3 aliphatic rings. The Hall–Kier alpha value is -1.92. The van der Waals surface area contributed by atoms with E-state index in [1.807, 2.05) is 14.0 Å². The molecule has 0 bridgehead atoms. The summed E-state index contributed by atoms with van der Waals surface area (Å²) in [6, 6.07) is 6.38. The Labute approximate surface area is 147 Å². The van der Waals surface area contributed by atoms with Crippen molar-refractivity contribution < 1.29 is 23.8 Å². The maximum atomic E-state index is 12.5. The fraction of sp³-hybridized carbons (Fsp3) is 0.579. The fourth-order valence-corrected chi connectivity index (χ4v) is 4.84. The van der Waals surface area contributed by atoms with Crippen molar-refractivity contribution in [1.82, 2.24) is 4.90 Å². The number of likely N-dealkylation sites (N-methyl/N-ethyl adjacent to an activating group) is 1. The monoisotopic (exact) mass is 345 g/mol. The summed E-state index contributed by atoms with van der Waals surface area (Å²) in [6.07, 6.45) is 0.505. The summed E-state index contributed by atoms with van der Waals surface area (Å²) in [5.74, 6) is -1.29. The number of epoxide rings is 1. The van der Waals surface area contributed by atoms with E-state index in [0.29, 0.717) is 13.0 Å². The van der Waals surface area contributed by atoms with Gasteiger partial charge in [0, 0.05) is 19.0 Å². The largest absolute Gasteiger partial charge is 0.466 e. The van der Waals surface area contributed by atoms with Crippen LogP contribution in [0.25, 0.3) is 0 Å². The van der Waals surface area contributed by atoms with Crippen molar-refractivity contribution in [3.63, 3.8) is 0 Å². The second-order valence-corrected chi connectivity index (χ2v) is 7.72. The first-order valence-corrected chi connectivity index (χ1v) is 8.50. The number of methoxy groups -OCH3 is 1. The van der Waals surface area contributed by atoms with E-state index in [-0.39, 0.29) is 6.04 Å². The van der Waals surface area contributed by atoms with E-state index >= 15 is 0 Å². The molecule has 1 aromatic rings. The highest BCUT2D eigenvalue weighted by Crippen LogP contribution is 2.68. The molecule has 4 atom stereocenters. The molecule has 0 saturated carbocycles. The van der Waals surface area contributed by atoms with Crippen molar-refractivity contribution in [1.29, 1.82) is 0 Å². The molecule has 0 radical (unpaired) electrons. The van der Waals surface area contributed by atoms with Crippen LogP contribution >= 0.6 is 0 Å². The van der Waals surface area contributed by atoms with Crippen LogP contribution in [0, 0.1) is 13.8 Å². The number of benzene rings is 1. The minimum Gasteiger partial charge on any atom is -0.466 e. The highest BCUT2D eigenvalue weighted by atomic mass is 16.7. The molecule has 6 heteroatoms. The molecule has 0 aromatic heterocycles. The van der Waals surface area contributed by atoms with Crippen molar-refractivity contribution in [3.05, 3.63) is 34.9 Å². The van der Waals surface area contributed by atoms with Crippen molar-refractivity contribution >= 4 is 11.9 Å². The number of hydrogen-bond acceptors (Lipinski definition) is 6. The Morgan fingerprint density at radius 3 is 2.72 bits per heavy atom. The summed E-state index contributed by atoms with van der Waals surface area (Å²) < 4.78 is 16.4. The molecule has 0 N–H and O–H groups in total. The lowest BCUT2D eigenvalue weighted by atomic mass is 9.72. The number of nitrogens with zero attached hydrogens (tertiary/aromatic N) is 1. The number of carbonyl (C=O) groups is 2. The van der Waals surface area contributed by atoms with Crippen LogP contribution in [0.5, 0.6) is 0 Å². The minimum absolute atomic E-state index is 0.0368. The van der Waals surface area contributed by atoms with Gasteiger partial charge < -0.3 is 14.2 Å². The second kappa shape index (κ2) is 4.83. The van der Waals surface area contributed by atoms with Gasteiger partial charge in [0.15, 0.2) is 11.2 Å². The number of carbonyl (C=O) groups excluding carboxylic acids is 2. The van der Waals surface area contributed by atoms with E-state index in [2.05, 4.69) is 36.9 Å². The Bertz CT molecular complexity index is 792. The molecule has 0 amide bonds. The molecule has 3 heterocycles. The van der Waals surface area contributed by atoms with Gasteiger partial charge in [-0.3, -0.25) is 4.90 Å². The molecule has 3 aliphatic heterocycles. The Morgan fingerprint density at radius 2 is 2.08 bits per heavy atom. The third kappa shape index (κ3) is 1.81. The highest BCUT2D eigenvalue weighted by Gasteiger charge is 2.93. The average Bonchev–Trinajstić information content (AvgIpc) is 3.18. The number of likely N-dealkylation sites (tertiary alicyclic amines) is 1. The van der Waals surface area contributed by atoms with Crippen molar-refractivity contribution in [2.45, 2.75) is 50.0 Å². The molecule has 3 saturated heterocycles. The Morgan fingerprint density at radius 1 is 1.36 bits per heavy atom. The first-order valence-electron chi connectivity index (χ1n) is 8.50. The van der Waals surface area contributed by atoms with Crippen LogP contribution in [0.2, 0.25) is 0 Å². The lowest BCUT2D eigenvalue weighted by Crippen LogP contribution is -2.58. The Balaban J connectivity index is 1.77. The van der Waals surface area contributed by atoms with Gasteiger partial charge in [0.1, 0.15) is 0 Å². The van der Waals surface area contributed by atoms with Gasteiger partial charge >= 0.3 is 11.9 Å². The van der Waals surface area contributed by atoms with Gasteiger partial charge in [-0.15, -0.1) is 0 Å². The maximum absolute atomic E-state index is 12.5. The van der Waals surface area contributed by atoms with E-state index in [4.69, 9.17) is 14.2 Å². The molecular formula is C19H23NO5. The predicted molar refractivity (Wildman–Crippen MR) is 89.0 cm³/mol. The summed E-state index contributed by atoms with van der Waals surface area (Å²) in [5.41, 5.74) is 0.147. The van der Waals surface area contributed by atoms with Crippen molar-refractivity contribution in [2.75, 3.05) is 20.7 Å². The summed E-state index contributed by atoms with van der Waals surface area (Å²) in [5, 5.41) is 0. The standard InChI is InChI=1S/C19H23NO5/c1-11-6-7-13(12(2)8-11)14-9-18-17(3,10-20(14)4)24-16(22)19(18,25-18)15(21)23-5/h6-8,14H,9-10H2,1-5H3/t14-,17+,18+,19-/m1/s1. The topological polar surface area (TPSA) is 68.4 Å². The number of rotatable bonds is 2. The summed E-state index contributed by atoms with van der Waals surface area (Å²) >= 11 is 0. The van der Waals surface area contributed by atoms with Gasteiger partial charge in [0.25, 0.3) is 5.60 Å². The van der Waals surface area contributed by atoms with E-state index in [1.165, 1.54) is 23.8 Å². The molecule has 0 aliphatic carbocycles. The maximum Gasteiger partial charge on any atom is 0.354 e. The van der Waals surface area contributed by atoms with E-state index < -0.39 is 28.7 Å². The number of piperidine rings is 1. The van der Waals surface area contributed by atoms with Crippen LogP contribution in [0.1, 0.15) is 36.1 Å². The molecule has 6 nitrogen and oxygen atoms in total. The molecule has 134 valence electrons. The quantitative estimate of drug-likeness (QED) is 0.461. The fourth-order valence-electron chi connectivity index (χ4n) is 4.84. The average molecular weight is 345 g/mol. The predicted octanol–water partition coefficient (Wildman–Crippen LogP) is 1.68. The van der Waals surface area contributed by atoms with Crippen LogP contribution in [-0.4, -0.2) is 54.3 Å². The first-order chi connectivity index (χ1) is 11.7. The molecule has 0 unspecified atom stereocenters. The van der Waals surface area contributed by atoms with Crippen LogP contribution in [0.15, 0.2) is 18.2 Å². The molecule has 3 fully saturated rings. The number of ether oxygens (including phenoxy) is 3. The number of esters is 2. The van der Waals surface area contributed by atoms with Crippen LogP contribution in [0.3, 0.4) is 0 Å². The van der Waals surface area contributed by atoms with Crippen molar-refractivity contribution in [3.8, 4) is 0 Å². The SMILES string of the molecule is COC(=O)[C@]12O[C@]13C[C@H](c1ccc(C)cc1C)N(C)C[C@]3(C)OC2=O. The van der Waals surface area contributed by atoms with Gasteiger partial charge in [-0.25, -0.2) is 9.59 Å². The molecular weight excluding hydrogens is 322 g/mol. The zero-order valence-corrected chi connectivity index (χ0v) is 15.2. The third-order valence-corrected chi connectivity index (χ3v) is 6.14. The number of hydrogen-bond donors (Lipinski definition) is 0. The van der Waals surface area contributed by atoms with Gasteiger partial charge in [-0.2, -0.15) is 0 Å². The zero-order valence-electron chi connectivity index (χ0n) is 15.2. The summed E-state index contributed by atoms with van der Waals surface area (Å²) in [7, 11) is 3.28. The van der Waals surface area contributed by atoms with Crippen LogP contribution in [-0.2, 0) is 23.8 Å². The smallest absolute Gasteiger partial charge is 0.354 e. The van der Waals surface area contributed by atoms with E-state index in [0.717, 1.165) is 0 Å². The van der Waals surface area contributed by atoms with Gasteiger partial charge in [0.05, 0.1) is 7.11 Å². The molecule has 1 spiro atoms. The lowest BCUT2D eigenvalue weighted by Gasteiger charge is -2.45. The minimum atomic E-state index is -1.60. The van der Waals surface area contributed by atoms with Crippen LogP contribution < -0.4 is 0 Å². The van der Waals surface area contributed by atoms with Gasteiger partial charge in [-0.05, 0) is 38.9 Å². The van der Waals surface area contributed by atoms with Crippen molar-refractivity contribution in [2.24, 2.45) is 0 Å². The highest BCUT2D eigenvalue weighted by molar-refractivity contribution is 6.11. The third-order valence-electron chi connectivity index (χ3n) is 6.14. The van der Waals surface area contributed by atoms with E-state index in [9.17, 15) is 9.59 Å². The lowest BCUT2D eigenvalue weighted by molar-refractivity contribution is -0.178. The summed E-state index contributed by atoms with van der Waals surface area (Å²) in [4.78, 5) is 27.0. The molecule has 25 heavy (non-hydrogen) atoms. The van der Waals surface area contributed by atoms with Gasteiger partial charge in [0.2, 0.25) is 0 Å². The summed E-state index contributed by atoms with van der Waals surface area (Å²) in [6.45, 7) is 6.49. The first kappa shape index (κ1) is 16.5. The molecule has 4 rings (SSSR count). The zero-order chi connectivity index (χ0) is 18.2. The molecule has 1 aromatic carbocycles.